The van der Waals surface area contributed by atoms with Gasteiger partial charge in [0.15, 0.2) is 0 Å². The van der Waals surface area contributed by atoms with E-state index in [-0.39, 0.29) is 60.2 Å². The van der Waals surface area contributed by atoms with Crippen molar-refractivity contribution in [3.63, 3.8) is 0 Å². The molecule has 0 bridgehead atoms. The molecule has 0 unspecified atom stereocenters. The molecule has 0 saturated heterocycles. The normalized spacial score (nSPS) is 14.1. The number of aliphatic hydroxyl groups excluding tert-OH is 1. The molecule has 0 saturated carbocycles. The van der Waals surface area contributed by atoms with Gasteiger partial charge >= 0.3 is 23.9 Å². The maximum Gasteiger partial charge on any atom is 0.328 e. The lowest BCUT2D eigenvalue weighted by Crippen LogP contribution is -2.47. The summed E-state index contributed by atoms with van der Waals surface area (Å²) >= 11 is 0. The summed E-state index contributed by atoms with van der Waals surface area (Å²) in [5.41, 5.74) is 0.818. The van der Waals surface area contributed by atoms with Crippen molar-refractivity contribution in [1.29, 1.82) is 0 Å². The lowest BCUT2D eigenvalue weighted by atomic mass is 9.81. The maximum atomic E-state index is 13.4. The third-order valence-electron chi connectivity index (χ3n) is 15.4. The number of para-hydroxylation sites is 2. The standard InChI is InChI=1S/C26H41NO5.C26H41NO4.C22H33NO6.H2O3/c1-18(2)9-12-21(8-6-7-15-28)23(16-19(3)4)25(30)27-24(26(31)32-5)17-20-10-13-22(29)14-11-20;1-7-24(26(29)30-6)27-25(28)23(18-20(4)5)21(16-15-19(2)3)12-11-17-31-22-13-9-8-10-14-22;1-5-19(22(27)28-4)23-20(24)18(14-15(2)3)17(21(25)26)12-9-13-29-16-10-7-6-8-11-16;1-3-2/h9-14,18-19,21,23-24,28-29H,6-8,15-17H2,1-5H3,(H,27,30);8-10,13-16,19-21,23-24H,7,11-12,17-18H2,1-6H3,(H,27,28);6-8,10-11,15,17-19H,5,9,12-14H2,1-4H3,(H,23,24)(H,25,26);1-2H/b12-9+;16-15+;;/t2*21-,23-,24+;17-,18+,19-;/m110./s1. The first kappa shape index (κ1) is 87.7. The van der Waals surface area contributed by atoms with Gasteiger partial charge in [-0.2, -0.15) is 0 Å². The Morgan fingerprint density at radius 3 is 1.18 bits per heavy atom. The molecule has 0 aromatic heterocycles. The number of hydrogen-bond donors (Lipinski definition) is 8. The molecule has 0 radical (unpaired) electrons. The first-order valence-electron chi connectivity index (χ1n) is 33.6. The monoisotopic (exact) mass is 1340 g/mol. The Hall–Kier alpha value is -7.33. The van der Waals surface area contributed by atoms with Gasteiger partial charge in [-0.3, -0.25) is 19.2 Å². The minimum atomic E-state index is -1.02. The zero-order valence-corrected chi connectivity index (χ0v) is 59.3. The number of unbranched alkanes of at least 4 members (excludes halogenated alkanes) is 1. The molecule has 0 fully saturated rings. The predicted octanol–water partition coefficient (Wildman–Crippen LogP) is 12.9. The molecule has 21 nitrogen and oxygen atoms in total. The highest BCUT2D eigenvalue weighted by molar-refractivity contribution is 5.89. The van der Waals surface area contributed by atoms with Gasteiger partial charge in [-0.25, -0.2) is 24.9 Å². The largest absolute Gasteiger partial charge is 0.508 e. The molecule has 0 aliphatic rings. The van der Waals surface area contributed by atoms with E-state index in [4.69, 9.17) is 34.2 Å². The van der Waals surface area contributed by atoms with E-state index in [1.165, 1.54) is 21.3 Å². The fraction of sp³-hybridized carbons (Fsp3) is 0.608. The zero-order valence-electron chi connectivity index (χ0n) is 59.3. The van der Waals surface area contributed by atoms with E-state index < -0.39 is 59.7 Å². The lowest BCUT2D eigenvalue weighted by molar-refractivity contribution is -0.465. The second kappa shape index (κ2) is 51.9. The first-order valence-corrected chi connectivity index (χ1v) is 33.6. The van der Waals surface area contributed by atoms with E-state index >= 15 is 0 Å². The van der Waals surface area contributed by atoms with E-state index in [1.54, 1.807) is 31.2 Å². The molecule has 3 amide bonds. The smallest absolute Gasteiger partial charge is 0.328 e. The van der Waals surface area contributed by atoms with E-state index in [0.29, 0.717) is 81.8 Å². The van der Waals surface area contributed by atoms with Gasteiger partial charge in [-0.1, -0.05) is 167 Å². The summed E-state index contributed by atoms with van der Waals surface area (Å²) in [6.45, 7) is 25.5. The van der Waals surface area contributed by atoms with Gasteiger partial charge in [0.05, 0.1) is 46.4 Å². The molecule has 0 aliphatic heterocycles. The molecule has 95 heavy (non-hydrogen) atoms. The van der Waals surface area contributed by atoms with Crippen LogP contribution in [0.2, 0.25) is 0 Å². The molecule has 0 spiro atoms. The van der Waals surface area contributed by atoms with Crippen LogP contribution in [-0.4, -0.2) is 127 Å². The van der Waals surface area contributed by atoms with Crippen molar-refractivity contribution in [2.45, 2.75) is 185 Å². The van der Waals surface area contributed by atoms with Gasteiger partial charge in [0.25, 0.3) is 0 Å². The Bertz CT molecular complexity index is 2610. The van der Waals surface area contributed by atoms with Gasteiger partial charge in [0.2, 0.25) is 17.7 Å². The average molecular weight is 1340 g/mol. The molecule has 8 N–H and O–H groups in total. The van der Waals surface area contributed by atoms with Gasteiger partial charge in [0, 0.05) is 24.9 Å². The molecular weight excluding hydrogens is 1220 g/mol. The number of allylic oxidation sites excluding steroid dienone is 4. The number of carbonyl (C=O) groups excluding carboxylic acids is 6. The number of carbonyl (C=O) groups is 7. The molecule has 0 heterocycles. The summed E-state index contributed by atoms with van der Waals surface area (Å²) in [5.74, 6) is -1.76. The Morgan fingerprint density at radius 1 is 0.463 bits per heavy atom. The van der Waals surface area contributed by atoms with Crippen LogP contribution in [0.5, 0.6) is 17.2 Å². The van der Waals surface area contributed by atoms with Crippen LogP contribution in [-0.2, 0) is 59.2 Å². The van der Waals surface area contributed by atoms with Crippen LogP contribution in [0.25, 0.3) is 0 Å². The number of rotatable bonds is 41. The van der Waals surface area contributed by atoms with Crippen molar-refractivity contribution in [2.75, 3.05) is 41.2 Å². The van der Waals surface area contributed by atoms with E-state index in [9.17, 15) is 48.9 Å². The number of phenols is 1. The molecule has 0 aliphatic carbocycles. The molecule has 3 rings (SSSR count). The van der Waals surface area contributed by atoms with Crippen LogP contribution in [0.15, 0.2) is 109 Å². The Labute approximate surface area is 566 Å². The lowest BCUT2D eigenvalue weighted by Gasteiger charge is -2.28. The molecule has 21 heteroatoms. The van der Waals surface area contributed by atoms with Crippen LogP contribution >= 0.6 is 0 Å². The van der Waals surface area contributed by atoms with Crippen molar-refractivity contribution in [2.24, 2.45) is 65.1 Å². The third kappa shape index (κ3) is 39.3. The van der Waals surface area contributed by atoms with Crippen LogP contribution in [0.1, 0.15) is 166 Å². The van der Waals surface area contributed by atoms with Crippen LogP contribution in [0.3, 0.4) is 0 Å². The second-order valence-corrected chi connectivity index (χ2v) is 25.6. The number of aliphatic carboxylic acids is 1. The van der Waals surface area contributed by atoms with E-state index in [0.717, 1.165) is 49.2 Å². The Balaban J connectivity index is 0.00000137. The van der Waals surface area contributed by atoms with Gasteiger partial charge in [-0.05, 0) is 154 Å². The Kier molecular flexibility index (Phi) is 47.9. The topological polar surface area (TPSA) is 312 Å². The van der Waals surface area contributed by atoms with Crippen molar-refractivity contribution < 1.29 is 88.1 Å². The second-order valence-electron chi connectivity index (χ2n) is 25.6. The number of hydrogen-bond acceptors (Lipinski definition) is 17. The van der Waals surface area contributed by atoms with E-state index in [2.05, 4.69) is 101 Å². The number of amides is 3. The molecular formula is C74H117N3O18. The summed E-state index contributed by atoms with van der Waals surface area (Å²) in [4.78, 5) is 87.7. The Morgan fingerprint density at radius 2 is 0.821 bits per heavy atom. The van der Waals surface area contributed by atoms with Crippen molar-refractivity contribution in [3.05, 3.63) is 115 Å². The minimum Gasteiger partial charge on any atom is -0.508 e. The summed E-state index contributed by atoms with van der Waals surface area (Å²) in [6, 6.07) is 23.4. The van der Waals surface area contributed by atoms with Gasteiger partial charge in [-0.15, -0.1) is 0 Å². The quantitative estimate of drug-likeness (QED) is 0.00653. The number of aromatic hydroxyl groups is 1. The highest BCUT2D eigenvalue weighted by atomic mass is 17.4. The summed E-state index contributed by atoms with van der Waals surface area (Å²) in [5, 5.41) is 52.5. The van der Waals surface area contributed by atoms with Crippen LogP contribution in [0.4, 0.5) is 0 Å². The van der Waals surface area contributed by atoms with Gasteiger partial charge in [0.1, 0.15) is 35.4 Å². The number of carboxylic acids is 1. The molecule has 3 aromatic carbocycles. The molecule has 3 aromatic rings. The van der Waals surface area contributed by atoms with E-state index in [1.807, 2.05) is 81.4 Å². The fourth-order valence-electron chi connectivity index (χ4n) is 10.5. The highest BCUT2D eigenvalue weighted by Crippen LogP contribution is 2.31. The number of phenolic OH excluding ortho intramolecular Hbond substituents is 1. The van der Waals surface area contributed by atoms with Crippen LogP contribution in [0, 0.1) is 65.1 Å². The van der Waals surface area contributed by atoms with Crippen molar-refractivity contribution in [1.82, 2.24) is 16.0 Å². The number of carboxylic acid groups (broad SMARTS) is 1. The minimum absolute atomic E-state index is 0.0262. The first-order chi connectivity index (χ1) is 45.2. The average Bonchev–Trinajstić information content (AvgIpc) is 1.20. The van der Waals surface area contributed by atoms with Crippen molar-refractivity contribution >= 4 is 41.6 Å². The number of methoxy groups -OCH3 is 3. The third-order valence-corrected chi connectivity index (χ3v) is 15.4. The predicted molar refractivity (Wildman–Crippen MR) is 369 cm³/mol. The summed E-state index contributed by atoms with van der Waals surface area (Å²) < 4.78 is 26.0. The summed E-state index contributed by atoms with van der Waals surface area (Å²) in [7, 11) is 3.92. The summed E-state index contributed by atoms with van der Waals surface area (Å²) in [6.07, 6.45) is 16.5. The molecule has 9 atom stereocenters. The fourth-order valence-corrected chi connectivity index (χ4v) is 10.5. The van der Waals surface area contributed by atoms with Crippen molar-refractivity contribution in [3.8, 4) is 17.2 Å². The zero-order chi connectivity index (χ0) is 71.8. The number of nitrogens with one attached hydrogen (secondary N) is 3. The highest BCUT2D eigenvalue weighted by Gasteiger charge is 2.37. The maximum absolute atomic E-state index is 13.4. The number of aliphatic hydroxyl groups is 1. The number of esters is 3. The SMILES string of the molecule is CC[C@H](NC(=O)[C@H](CC(C)C)[C@@H](/C=C/C(C)C)CCCOc1ccccc1)C(=O)OC.CC[C@H](NC(=O)[C@H](CC(C)C)[C@H](CCCOc1ccccc1)C(=O)O)C(=O)OC.COC(=O)[C@H](Cc1ccc(O)cc1)NC(=O)[C@H](CC(C)C)[C@@H](/C=C/C(C)C)CCCCO.OOO. The van der Waals surface area contributed by atoms with Crippen LogP contribution < -0.4 is 25.4 Å². The number of ether oxygens (including phenoxy) is 5. The van der Waals surface area contributed by atoms with Gasteiger partial charge < -0.3 is 55.0 Å². The molecule has 536 valence electrons. The number of benzene rings is 3.